The van der Waals surface area contributed by atoms with Crippen LogP contribution >= 0.6 is 11.8 Å². The summed E-state index contributed by atoms with van der Waals surface area (Å²) >= 11 is 1.76. The van der Waals surface area contributed by atoms with E-state index in [0.29, 0.717) is 6.54 Å². The first-order valence-electron chi connectivity index (χ1n) is 6.39. The Bertz CT molecular complexity index is 593. The number of hydrogen-bond acceptors (Lipinski definition) is 3. The van der Waals surface area contributed by atoms with Crippen molar-refractivity contribution in [2.24, 2.45) is 0 Å². The predicted octanol–water partition coefficient (Wildman–Crippen LogP) is 2.12. The molecule has 3 nitrogen and oxygen atoms in total. The van der Waals surface area contributed by atoms with E-state index < -0.39 is 0 Å². The zero-order valence-corrected chi connectivity index (χ0v) is 11.4. The molecule has 1 atom stereocenters. The summed E-state index contributed by atoms with van der Waals surface area (Å²) in [6, 6.07) is 14.5. The molecule has 1 aliphatic heterocycles. The second-order valence-corrected chi connectivity index (χ2v) is 5.70. The van der Waals surface area contributed by atoms with Crippen LogP contribution in [0, 0.1) is 0 Å². The number of thioether (sulfide) groups is 1. The van der Waals surface area contributed by atoms with E-state index in [9.17, 15) is 4.79 Å². The topological polar surface area (TPSA) is 41.1 Å². The van der Waals surface area contributed by atoms with Gasteiger partial charge in [-0.15, -0.1) is 11.8 Å². The van der Waals surface area contributed by atoms with Crippen molar-refractivity contribution >= 4 is 28.4 Å². The molecule has 98 valence electrons. The summed E-state index contributed by atoms with van der Waals surface area (Å²) in [4.78, 5) is 11.9. The SMILES string of the molecule is O=C(NCc1ccc2ccccc2c1)[C@@H]1CSCN1. The molecule has 0 bridgehead atoms. The molecule has 1 heterocycles. The molecular formula is C15H16N2OS. The first-order valence-corrected chi connectivity index (χ1v) is 7.55. The smallest absolute Gasteiger partial charge is 0.238 e. The number of carbonyl (C=O) groups is 1. The van der Waals surface area contributed by atoms with Crippen molar-refractivity contribution in [3.8, 4) is 0 Å². The Morgan fingerprint density at radius 3 is 2.89 bits per heavy atom. The lowest BCUT2D eigenvalue weighted by atomic mass is 10.1. The molecule has 0 saturated carbocycles. The van der Waals surface area contributed by atoms with Crippen molar-refractivity contribution < 1.29 is 4.79 Å². The van der Waals surface area contributed by atoms with Gasteiger partial charge in [0.15, 0.2) is 0 Å². The molecule has 2 N–H and O–H groups in total. The number of benzene rings is 2. The summed E-state index contributed by atoms with van der Waals surface area (Å²) in [6.07, 6.45) is 0. The zero-order chi connectivity index (χ0) is 13.1. The van der Waals surface area contributed by atoms with Crippen LogP contribution in [-0.4, -0.2) is 23.6 Å². The summed E-state index contributed by atoms with van der Waals surface area (Å²) in [6.45, 7) is 0.590. The maximum atomic E-state index is 11.9. The van der Waals surface area contributed by atoms with Gasteiger partial charge in [0.2, 0.25) is 5.91 Å². The van der Waals surface area contributed by atoms with E-state index in [-0.39, 0.29) is 11.9 Å². The Kier molecular flexibility index (Phi) is 3.71. The molecule has 1 aliphatic rings. The fourth-order valence-electron chi connectivity index (χ4n) is 2.22. The predicted molar refractivity (Wildman–Crippen MR) is 80.0 cm³/mol. The minimum absolute atomic E-state index is 0.0366. The fourth-order valence-corrected chi connectivity index (χ4v) is 3.17. The van der Waals surface area contributed by atoms with Crippen LogP contribution in [-0.2, 0) is 11.3 Å². The highest BCUT2D eigenvalue weighted by molar-refractivity contribution is 7.99. The van der Waals surface area contributed by atoms with Crippen LogP contribution in [0.1, 0.15) is 5.56 Å². The molecule has 19 heavy (non-hydrogen) atoms. The van der Waals surface area contributed by atoms with Gasteiger partial charge in [-0.1, -0.05) is 36.4 Å². The van der Waals surface area contributed by atoms with Gasteiger partial charge >= 0.3 is 0 Å². The number of fused-ring (bicyclic) bond motifs is 1. The first kappa shape index (κ1) is 12.5. The second-order valence-electron chi connectivity index (χ2n) is 4.67. The maximum absolute atomic E-state index is 11.9. The average molecular weight is 272 g/mol. The number of rotatable bonds is 3. The highest BCUT2D eigenvalue weighted by atomic mass is 32.2. The highest BCUT2D eigenvalue weighted by Gasteiger charge is 2.21. The van der Waals surface area contributed by atoms with Gasteiger partial charge in [-0.25, -0.2) is 0 Å². The van der Waals surface area contributed by atoms with Crippen LogP contribution in [0.2, 0.25) is 0 Å². The molecule has 2 aromatic rings. The largest absolute Gasteiger partial charge is 0.351 e. The van der Waals surface area contributed by atoms with Crippen LogP contribution in [0.4, 0.5) is 0 Å². The van der Waals surface area contributed by atoms with Crippen molar-refractivity contribution in [3.63, 3.8) is 0 Å². The molecule has 0 aromatic heterocycles. The third-order valence-electron chi connectivity index (χ3n) is 3.31. The third-order valence-corrected chi connectivity index (χ3v) is 4.25. The molecule has 0 unspecified atom stereocenters. The monoisotopic (exact) mass is 272 g/mol. The van der Waals surface area contributed by atoms with Crippen LogP contribution in [0.3, 0.4) is 0 Å². The molecule has 0 spiro atoms. The van der Waals surface area contributed by atoms with E-state index in [1.165, 1.54) is 10.8 Å². The molecule has 0 aliphatic carbocycles. The van der Waals surface area contributed by atoms with Gasteiger partial charge in [-0.3, -0.25) is 10.1 Å². The Morgan fingerprint density at radius 2 is 2.11 bits per heavy atom. The van der Waals surface area contributed by atoms with Gasteiger partial charge in [0.05, 0.1) is 6.04 Å². The highest BCUT2D eigenvalue weighted by Crippen LogP contribution is 2.15. The number of nitrogens with one attached hydrogen (secondary N) is 2. The maximum Gasteiger partial charge on any atom is 0.238 e. The molecule has 1 saturated heterocycles. The van der Waals surface area contributed by atoms with Gasteiger partial charge in [-0.05, 0) is 22.4 Å². The lowest BCUT2D eigenvalue weighted by Crippen LogP contribution is -2.41. The molecule has 0 radical (unpaired) electrons. The standard InChI is InChI=1S/C15H16N2OS/c18-15(14-9-19-10-17-14)16-8-11-5-6-12-3-1-2-4-13(12)7-11/h1-7,14,17H,8-10H2,(H,16,18)/t14-/m0/s1. The summed E-state index contributed by atoms with van der Waals surface area (Å²) in [5, 5.41) is 8.60. The average Bonchev–Trinajstić information content (AvgIpc) is 2.99. The summed E-state index contributed by atoms with van der Waals surface area (Å²) in [7, 11) is 0. The van der Waals surface area contributed by atoms with Gasteiger partial charge in [0.25, 0.3) is 0 Å². The Hall–Kier alpha value is -1.52. The van der Waals surface area contributed by atoms with E-state index >= 15 is 0 Å². The normalized spacial score (nSPS) is 18.6. The molecule has 1 fully saturated rings. The quantitative estimate of drug-likeness (QED) is 0.899. The van der Waals surface area contributed by atoms with Gasteiger partial charge < -0.3 is 5.32 Å². The zero-order valence-electron chi connectivity index (χ0n) is 10.6. The summed E-state index contributed by atoms with van der Waals surface area (Å²) in [5.74, 6) is 1.83. The van der Waals surface area contributed by atoms with Crippen molar-refractivity contribution in [1.29, 1.82) is 0 Å². The Labute approximate surface area is 116 Å². The van der Waals surface area contributed by atoms with Crippen LogP contribution in [0.5, 0.6) is 0 Å². The van der Waals surface area contributed by atoms with Crippen LogP contribution in [0.15, 0.2) is 42.5 Å². The fraction of sp³-hybridized carbons (Fsp3) is 0.267. The summed E-state index contributed by atoms with van der Waals surface area (Å²) in [5.41, 5.74) is 1.14. The lowest BCUT2D eigenvalue weighted by Gasteiger charge is -2.11. The lowest BCUT2D eigenvalue weighted by molar-refractivity contribution is -0.122. The number of amides is 1. The van der Waals surface area contributed by atoms with Crippen molar-refractivity contribution in [2.45, 2.75) is 12.6 Å². The molecular weight excluding hydrogens is 256 g/mol. The molecule has 4 heteroatoms. The minimum Gasteiger partial charge on any atom is -0.351 e. The van der Waals surface area contributed by atoms with Crippen molar-refractivity contribution in [3.05, 3.63) is 48.0 Å². The van der Waals surface area contributed by atoms with E-state index in [0.717, 1.165) is 17.2 Å². The molecule has 2 aromatic carbocycles. The van der Waals surface area contributed by atoms with Crippen LogP contribution in [0.25, 0.3) is 10.8 Å². The van der Waals surface area contributed by atoms with E-state index in [2.05, 4.69) is 41.0 Å². The minimum atomic E-state index is -0.0366. The van der Waals surface area contributed by atoms with Crippen LogP contribution < -0.4 is 10.6 Å². The van der Waals surface area contributed by atoms with E-state index in [1.54, 1.807) is 11.8 Å². The number of carbonyl (C=O) groups excluding carboxylic acids is 1. The molecule has 1 amide bonds. The Balaban J connectivity index is 1.66. The van der Waals surface area contributed by atoms with E-state index in [4.69, 9.17) is 0 Å². The first-order chi connectivity index (χ1) is 9.33. The van der Waals surface area contributed by atoms with Crippen molar-refractivity contribution in [1.82, 2.24) is 10.6 Å². The van der Waals surface area contributed by atoms with E-state index in [1.807, 2.05) is 12.1 Å². The van der Waals surface area contributed by atoms with Gasteiger partial charge in [0, 0.05) is 18.2 Å². The summed E-state index contributed by atoms with van der Waals surface area (Å²) < 4.78 is 0. The van der Waals surface area contributed by atoms with Gasteiger partial charge in [0.1, 0.15) is 0 Å². The number of hydrogen-bond donors (Lipinski definition) is 2. The second kappa shape index (κ2) is 5.63. The Morgan fingerprint density at radius 1 is 1.26 bits per heavy atom. The van der Waals surface area contributed by atoms with Crippen molar-refractivity contribution in [2.75, 3.05) is 11.6 Å². The van der Waals surface area contributed by atoms with Gasteiger partial charge in [-0.2, -0.15) is 0 Å². The molecule has 3 rings (SSSR count). The third kappa shape index (κ3) is 2.91.